The van der Waals surface area contributed by atoms with Crippen molar-refractivity contribution < 1.29 is 14.3 Å². The number of nitrogens with two attached hydrogens (primary N) is 1. The molecule has 1 rings (SSSR count). The fourth-order valence-electron chi connectivity index (χ4n) is 1.27. The SMILES string of the molecule is COC(=O)C(N)CCc1ccc(OC)nc1. The minimum atomic E-state index is -0.577. The molecule has 1 atom stereocenters. The number of aryl methyl sites for hydroxylation is 1. The Hall–Kier alpha value is -1.62. The Balaban J connectivity index is 2.45. The molecule has 1 aromatic rings. The molecule has 0 amide bonds. The highest BCUT2D eigenvalue weighted by molar-refractivity contribution is 5.75. The van der Waals surface area contributed by atoms with Gasteiger partial charge in [0.15, 0.2) is 0 Å². The number of methoxy groups -OCH3 is 2. The van der Waals surface area contributed by atoms with Crippen LogP contribution in [0.1, 0.15) is 12.0 Å². The number of carbonyl (C=O) groups is 1. The van der Waals surface area contributed by atoms with Crippen molar-refractivity contribution in [2.45, 2.75) is 18.9 Å². The summed E-state index contributed by atoms with van der Waals surface area (Å²) in [6, 6.07) is 3.10. The van der Waals surface area contributed by atoms with Crippen LogP contribution in [0, 0.1) is 0 Å². The van der Waals surface area contributed by atoms with Gasteiger partial charge in [0, 0.05) is 12.3 Å². The molecular formula is C11H16N2O3. The van der Waals surface area contributed by atoms with Gasteiger partial charge in [0.25, 0.3) is 0 Å². The zero-order valence-electron chi connectivity index (χ0n) is 9.47. The van der Waals surface area contributed by atoms with Gasteiger partial charge in [-0.15, -0.1) is 0 Å². The number of rotatable bonds is 5. The Labute approximate surface area is 94.6 Å². The largest absolute Gasteiger partial charge is 0.481 e. The van der Waals surface area contributed by atoms with Crippen molar-refractivity contribution in [3.8, 4) is 5.88 Å². The van der Waals surface area contributed by atoms with Crippen molar-refractivity contribution >= 4 is 5.97 Å². The molecule has 0 bridgehead atoms. The Morgan fingerprint density at radius 2 is 2.25 bits per heavy atom. The smallest absolute Gasteiger partial charge is 0.322 e. The summed E-state index contributed by atoms with van der Waals surface area (Å²) in [4.78, 5) is 15.1. The summed E-state index contributed by atoms with van der Waals surface area (Å²) in [5, 5.41) is 0. The van der Waals surface area contributed by atoms with Gasteiger partial charge in [-0.3, -0.25) is 4.79 Å². The van der Waals surface area contributed by atoms with Crippen LogP contribution in [0.3, 0.4) is 0 Å². The van der Waals surface area contributed by atoms with Gasteiger partial charge < -0.3 is 15.2 Å². The van der Waals surface area contributed by atoms with Gasteiger partial charge in [0.05, 0.1) is 14.2 Å². The molecule has 2 N–H and O–H groups in total. The third-order valence-corrected chi connectivity index (χ3v) is 2.25. The summed E-state index contributed by atoms with van der Waals surface area (Å²) in [5.74, 6) is 0.183. The van der Waals surface area contributed by atoms with Gasteiger partial charge in [-0.25, -0.2) is 4.98 Å². The molecule has 88 valence electrons. The quantitative estimate of drug-likeness (QED) is 0.738. The second-order valence-electron chi connectivity index (χ2n) is 3.38. The van der Waals surface area contributed by atoms with Gasteiger partial charge in [-0.05, 0) is 18.4 Å². The molecule has 0 saturated carbocycles. The molecule has 5 heteroatoms. The monoisotopic (exact) mass is 224 g/mol. The van der Waals surface area contributed by atoms with Crippen molar-refractivity contribution in [1.29, 1.82) is 0 Å². The number of esters is 1. The first-order valence-corrected chi connectivity index (χ1v) is 4.99. The molecule has 0 aromatic carbocycles. The first kappa shape index (κ1) is 12.4. The van der Waals surface area contributed by atoms with Crippen molar-refractivity contribution in [2.24, 2.45) is 5.73 Å². The van der Waals surface area contributed by atoms with E-state index in [2.05, 4.69) is 9.72 Å². The summed E-state index contributed by atoms with van der Waals surface area (Å²) in [6.07, 6.45) is 2.94. The van der Waals surface area contributed by atoms with E-state index in [1.165, 1.54) is 7.11 Å². The average Bonchev–Trinajstić information content (AvgIpc) is 2.35. The first-order chi connectivity index (χ1) is 7.67. The normalized spacial score (nSPS) is 11.9. The number of ether oxygens (including phenoxy) is 2. The van der Waals surface area contributed by atoms with Gasteiger partial charge in [0.2, 0.25) is 5.88 Å². The average molecular weight is 224 g/mol. The lowest BCUT2D eigenvalue weighted by molar-refractivity contribution is -0.142. The van der Waals surface area contributed by atoms with E-state index < -0.39 is 6.04 Å². The molecule has 0 fully saturated rings. The molecule has 0 spiro atoms. The van der Waals surface area contributed by atoms with E-state index >= 15 is 0 Å². The Morgan fingerprint density at radius 1 is 1.50 bits per heavy atom. The third kappa shape index (κ3) is 3.51. The zero-order chi connectivity index (χ0) is 12.0. The first-order valence-electron chi connectivity index (χ1n) is 4.99. The summed E-state index contributed by atoms with van der Waals surface area (Å²) in [5.41, 5.74) is 6.63. The van der Waals surface area contributed by atoms with Crippen LogP contribution in [0.15, 0.2) is 18.3 Å². The second-order valence-corrected chi connectivity index (χ2v) is 3.38. The van der Waals surface area contributed by atoms with Crippen molar-refractivity contribution in [3.63, 3.8) is 0 Å². The maximum atomic E-state index is 11.1. The van der Waals surface area contributed by atoms with Crippen LogP contribution in [-0.4, -0.2) is 31.2 Å². The lowest BCUT2D eigenvalue weighted by Gasteiger charge is -2.08. The van der Waals surface area contributed by atoms with E-state index in [1.54, 1.807) is 19.4 Å². The van der Waals surface area contributed by atoms with Gasteiger partial charge >= 0.3 is 5.97 Å². The van der Waals surface area contributed by atoms with Crippen molar-refractivity contribution in [2.75, 3.05) is 14.2 Å². The molecule has 0 aliphatic heterocycles. The fraction of sp³-hybridized carbons (Fsp3) is 0.455. The van der Waals surface area contributed by atoms with E-state index in [-0.39, 0.29) is 5.97 Å². The van der Waals surface area contributed by atoms with Gasteiger partial charge in [-0.1, -0.05) is 6.07 Å². The lowest BCUT2D eigenvalue weighted by atomic mass is 10.1. The van der Waals surface area contributed by atoms with Gasteiger partial charge in [-0.2, -0.15) is 0 Å². The van der Waals surface area contributed by atoms with E-state index in [1.807, 2.05) is 6.07 Å². The molecule has 1 aromatic heterocycles. The Bertz CT molecular complexity index is 338. The minimum absolute atomic E-state index is 0.388. The van der Waals surface area contributed by atoms with Crippen LogP contribution in [0.5, 0.6) is 5.88 Å². The zero-order valence-corrected chi connectivity index (χ0v) is 9.47. The predicted molar refractivity (Wildman–Crippen MR) is 59.1 cm³/mol. The van der Waals surface area contributed by atoms with E-state index in [4.69, 9.17) is 10.5 Å². The van der Waals surface area contributed by atoms with Crippen molar-refractivity contribution in [1.82, 2.24) is 4.98 Å². The topological polar surface area (TPSA) is 74.4 Å². The summed E-state index contributed by atoms with van der Waals surface area (Å²) in [6.45, 7) is 0. The molecule has 0 aliphatic rings. The number of nitrogens with zero attached hydrogens (tertiary/aromatic N) is 1. The highest BCUT2D eigenvalue weighted by Crippen LogP contribution is 2.09. The summed E-state index contributed by atoms with van der Waals surface area (Å²) < 4.78 is 9.48. The van der Waals surface area contributed by atoms with Crippen LogP contribution >= 0.6 is 0 Å². The molecule has 0 radical (unpaired) electrons. The van der Waals surface area contributed by atoms with Crippen LogP contribution < -0.4 is 10.5 Å². The van der Waals surface area contributed by atoms with Gasteiger partial charge in [0.1, 0.15) is 6.04 Å². The van der Waals surface area contributed by atoms with E-state index in [0.717, 1.165) is 5.56 Å². The minimum Gasteiger partial charge on any atom is -0.481 e. The van der Waals surface area contributed by atoms with Crippen LogP contribution in [-0.2, 0) is 16.0 Å². The predicted octanol–water partition coefficient (Wildman–Crippen LogP) is 0.523. The fourth-order valence-corrected chi connectivity index (χ4v) is 1.27. The Kier molecular flexibility index (Phi) is 4.72. The van der Waals surface area contributed by atoms with E-state index in [9.17, 15) is 4.79 Å². The number of aromatic nitrogens is 1. The van der Waals surface area contributed by atoms with E-state index in [0.29, 0.717) is 18.7 Å². The molecule has 16 heavy (non-hydrogen) atoms. The third-order valence-electron chi connectivity index (χ3n) is 2.25. The summed E-state index contributed by atoms with van der Waals surface area (Å²) in [7, 11) is 2.90. The molecule has 1 heterocycles. The standard InChI is InChI=1S/C11H16N2O3/c1-15-10-6-4-8(7-13-10)3-5-9(12)11(14)16-2/h4,6-7,9H,3,5,12H2,1-2H3. The number of hydrogen-bond donors (Lipinski definition) is 1. The molecule has 0 aliphatic carbocycles. The lowest BCUT2D eigenvalue weighted by Crippen LogP contribution is -2.31. The Morgan fingerprint density at radius 3 is 2.75 bits per heavy atom. The van der Waals surface area contributed by atoms with Crippen LogP contribution in [0.2, 0.25) is 0 Å². The maximum absolute atomic E-state index is 11.1. The maximum Gasteiger partial charge on any atom is 0.322 e. The number of hydrogen-bond acceptors (Lipinski definition) is 5. The molecule has 5 nitrogen and oxygen atoms in total. The van der Waals surface area contributed by atoms with Crippen LogP contribution in [0.25, 0.3) is 0 Å². The van der Waals surface area contributed by atoms with Crippen molar-refractivity contribution in [3.05, 3.63) is 23.9 Å². The molecule has 0 saturated heterocycles. The number of carbonyl (C=O) groups excluding carboxylic acids is 1. The highest BCUT2D eigenvalue weighted by Gasteiger charge is 2.13. The molecule has 1 unspecified atom stereocenters. The van der Waals surface area contributed by atoms with Crippen LogP contribution in [0.4, 0.5) is 0 Å². The highest BCUT2D eigenvalue weighted by atomic mass is 16.5. The molecular weight excluding hydrogens is 208 g/mol. The second kappa shape index (κ2) is 6.07. The number of pyridine rings is 1. The summed E-state index contributed by atoms with van der Waals surface area (Å²) >= 11 is 0.